The van der Waals surface area contributed by atoms with Crippen molar-refractivity contribution in [2.75, 3.05) is 5.73 Å². The zero-order valence-electron chi connectivity index (χ0n) is 12.7. The van der Waals surface area contributed by atoms with Crippen LogP contribution in [0, 0.1) is 0 Å². The van der Waals surface area contributed by atoms with Crippen molar-refractivity contribution in [1.82, 2.24) is 0 Å². The molecular formula is C22H17N. The van der Waals surface area contributed by atoms with Gasteiger partial charge in [-0.05, 0) is 45.7 Å². The predicted octanol–water partition coefficient (Wildman–Crippen LogP) is 5.76. The maximum atomic E-state index is 6.24. The maximum absolute atomic E-state index is 6.24. The minimum Gasteiger partial charge on any atom is -0.398 e. The highest BCUT2D eigenvalue weighted by Gasteiger charge is 2.06. The third kappa shape index (κ3) is 2.58. The molecule has 0 heterocycles. The van der Waals surface area contributed by atoms with E-state index in [4.69, 9.17) is 5.73 Å². The molecule has 0 unspecified atom stereocenters. The van der Waals surface area contributed by atoms with Gasteiger partial charge in [-0.25, -0.2) is 0 Å². The minimum atomic E-state index is 0.806. The van der Waals surface area contributed by atoms with Crippen LogP contribution in [0.1, 0.15) is 0 Å². The van der Waals surface area contributed by atoms with Gasteiger partial charge in [0.25, 0.3) is 0 Å². The lowest BCUT2D eigenvalue weighted by atomic mass is 9.96. The van der Waals surface area contributed by atoms with Crippen LogP contribution in [0.4, 0.5) is 5.69 Å². The third-order valence-electron chi connectivity index (χ3n) is 4.22. The smallest absolute Gasteiger partial charge is 0.0394 e. The predicted molar refractivity (Wildman–Crippen MR) is 99.2 cm³/mol. The van der Waals surface area contributed by atoms with Crippen LogP contribution < -0.4 is 5.73 Å². The second-order valence-electron chi connectivity index (χ2n) is 5.73. The van der Waals surface area contributed by atoms with Gasteiger partial charge >= 0.3 is 0 Å². The zero-order valence-corrected chi connectivity index (χ0v) is 12.7. The summed E-state index contributed by atoms with van der Waals surface area (Å²) in [6.45, 7) is 0. The fraction of sp³-hybridized carbons (Fsp3) is 0. The van der Waals surface area contributed by atoms with Gasteiger partial charge in [-0.1, -0.05) is 72.8 Å². The van der Waals surface area contributed by atoms with Crippen LogP contribution in [0.3, 0.4) is 0 Å². The van der Waals surface area contributed by atoms with Crippen molar-refractivity contribution in [3.05, 3.63) is 91.0 Å². The Morgan fingerprint density at radius 2 is 1.17 bits per heavy atom. The summed E-state index contributed by atoms with van der Waals surface area (Å²) < 4.78 is 0. The summed E-state index contributed by atoms with van der Waals surface area (Å²) in [5, 5.41) is 2.48. The molecule has 1 nitrogen and oxygen atoms in total. The van der Waals surface area contributed by atoms with Gasteiger partial charge in [0.15, 0.2) is 0 Å². The van der Waals surface area contributed by atoms with Crippen molar-refractivity contribution in [3.63, 3.8) is 0 Å². The molecule has 0 atom stereocenters. The molecule has 4 aromatic carbocycles. The summed E-state index contributed by atoms with van der Waals surface area (Å²) in [6.07, 6.45) is 0. The molecule has 0 aromatic heterocycles. The lowest BCUT2D eigenvalue weighted by Gasteiger charge is -2.10. The van der Waals surface area contributed by atoms with Gasteiger partial charge in [0.1, 0.15) is 0 Å². The molecule has 0 saturated carbocycles. The van der Waals surface area contributed by atoms with E-state index in [1.54, 1.807) is 0 Å². The highest BCUT2D eigenvalue weighted by Crippen LogP contribution is 2.32. The average Bonchev–Trinajstić information content (AvgIpc) is 2.62. The van der Waals surface area contributed by atoms with E-state index in [0.717, 1.165) is 16.8 Å². The Kier molecular flexibility index (Phi) is 3.32. The second-order valence-corrected chi connectivity index (χ2v) is 5.73. The normalized spacial score (nSPS) is 10.8. The Labute approximate surface area is 136 Å². The number of hydrogen-bond acceptors (Lipinski definition) is 1. The molecule has 2 N–H and O–H groups in total. The van der Waals surface area contributed by atoms with Crippen LogP contribution >= 0.6 is 0 Å². The fourth-order valence-electron chi connectivity index (χ4n) is 2.97. The molecule has 4 rings (SSSR count). The molecule has 0 saturated heterocycles. The summed E-state index contributed by atoms with van der Waals surface area (Å²) >= 11 is 0. The number of hydrogen-bond donors (Lipinski definition) is 1. The Morgan fingerprint density at radius 3 is 2.00 bits per heavy atom. The monoisotopic (exact) mass is 295 g/mol. The Bertz CT molecular complexity index is 971. The first-order chi connectivity index (χ1) is 11.3. The molecule has 0 aliphatic rings. The quantitative estimate of drug-likeness (QED) is 0.468. The van der Waals surface area contributed by atoms with E-state index in [1.165, 1.54) is 21.9 Å². The summed E-state index contributed by atoms with van der Waals surface area (Å²) in [7, 11) is 0. The summed E-state index contributed by atoms with van der Waals surface area (Å²) in [6, 6.07) is 31.5. The number of nitrogen functional groups attached to an aromatic ring is 1. The number of anilines is 1. The topological polar surface area (TPSA) is 26.0 Å². The van der Waals surface area contributed by atoms with Gasteiger partial charge in [0.05, 0.1) is 0 Å². The van der Waals surface area contributed by atoms with E-state index < -0.39 is 0 Å². The zero-order chi connectivity index (χ0) is 15.6. The van der Waals surface area contributed by atoms with Crippen molar-refractivity contribution in [1.29, 1.82) is 0 Å². The van der Waals surface area contributed by atoms with Gasteiger partial charge < -0.3 is 5.73 Å². The molecule has 0 aliphatic heterocycles. The molecule has 23 heavy (non-hydrogen) atoms. The highest BCUT2D eigenvalue weighted by molar-refractivity contribution is 5.90. The van der Waals surface area contributed by atoms with Crippen LogP contribution in [0.15, 0.2) is 91.0 Å². The van der Waals surface area contributed by atoms with Gasteiger partial charge in [-0.2, -0.15) is 0 Å². The van der Waals surface area contributed by atoms with E-state index in [1.807, 2.05) is 12.1 Å². The van der Waals surface area contributed by atoms with Crippen LogP contribution in [-0.4, -0.2) is 0 Å². The van der Waals surface area contributed by atoms with Crippen molar-refractivity contribution in [2.45, 2.75) is 0 Å². The Hall–Kier alpha value is -3.06. The second kappa shape index (κ2) is 5.62. The van der Waals surface area contributed by atoms with E-state index in [0.29, 0.717) is 0 Å². The summed E-state index contributed by atoms with van der Waals surface area (Å²) in [5.74, 6) is 0. The van der Waals surface area contributed by atoms with Crippen LogP contribution in [0.2, 0.25) is 0 Å². The molecule has 110 valence electrons. The summed E-state index contributed by atoms with van der Waals surface area (Å²) in [5.41, 5.74) is 11.7. The first kappa shape index (κ1) is 13.6. The lowest BCUT2D eigenvalue weighted by molar-refractivity contribution is 1.59. The van der Waals surface area contributed by atoms with Gasteiger partial charge in [0, 0.05) is 11.3 Å². The third-order valence-corrected chi connectivity index (χ3v) is 4.22. The Balaban J connectivity index is 1.86. The van der Waals surface area contributed by atoms with Gasteiger partial charge in [-0.15, -0.1) is 0 Å². The van der Waals surface area contributed by atoms with E-state index in [-0.39, 0.29) is 0 Å². The largest absolute Gasteiger partial charge is 0.398 e. The fourth-order valence-corrected chi connectivity index (χ4v) is 2.97. The molecule has 0 radical (unpaired) electrons. The molecule has 4 aromatic rings. The van der Waals surface area contributed by atoms with Crippen molar-refractivity contribution >= 4 is 16.5 Å². The van der Waals surface area contributed by atoms with E-state index >= 15 is 0 Å². The molecule has 0 spiro atoms. The molecule has 1 heteroatoms. The molecular weight excluding hydrogens is 278 g/mol. The highest BCUT2D eigenvalue weighted by atomic mass is 14.6. The SMILES string of the molecule is Nc1ccc(-c2ccccc2)cc1-c1ccc2ccccc2c1. The summed E-state index contributed by atoms with van der Waals surface area (Å²) in [4.78, 5) is 0. The maximum Gasteiger partial charge on any atom is 0.0394 e. The minimum absolute atomic E-state index is 0.806. The van der Waals surface area contributed by atoms with Gasteiger partial charge in [0.2, 0.25) is 0 Å². The first-order valence-electron chi connectivity index (χ1n) is 7.75. The first-order valence-corrected chi connectivity index (χ1v) is 7.75. The van der Waals surface area contributed by atoms with E-state index in [2.05, 4.69) is 78.9 Å². The number of benzene rings is 4. The number of fused-ring (bicyclic) bond motifs is 1. The number of rotatable bonds is 2. The number of nitrogens with two attached hydrogens (primary N) is 1. The van der Waals surface area contributed by atoms with Crippen molar-refractivity contribution < 1.29 is 0 Å². The average molecular weight is 295 g/mol. The van der Waals surface area contributed by atoms with E-state index in [9.17, 15) is 0 Å². The standard InChI is InChI=1S/C22H17N/c23-22-13-12-19(16-6-2-1-3-7-16)15-21(22)20-11-10-17-8-4-5-9-18(17)14-20/h1-15H,23H2. The van der Waals surface area contributed by atoms with Crippen molar-refractivity contribution in [3.8, 4) is 22.3 Å². The van der Waals surface area contributed by atoms with Crippen LogP contribution in [0.25, 0.3) is 33.0 Å². The molecule has 0 fully saturated rings. The molecule has 0 aliphatic carbocycles. The van der Waals surface area contributed by atoms with Crippen LogP contribution in [0.5, 0.6) is 0 Å². The van der Waals surface area contributed by atoms with Crippen LogP contribution in [-0.2, 0) is 0 Å². The molecule has 0 bridgehead atoms. The Morgan fingerprint density at radius 1 is 0.478 bits per heavy atom. The molecule has 0 amide bonds. The lowest BCUT2D eigenvalue weighted by Crippen LogP contribution is -1.91. The van der Waals surface area contributed by atoms with Crippen molar-refractivity contribution in [2.24, 2.45) is 0 Å². The van der Waals surface area contributed by atoms with Gasteiger partial charge in [-0.3, -0.25) is 0 Å².